The molecule has 0 unspecified atom stereocenters. The first-order valence-electron chi connectivity index (χ1n) is 8.88. The summed E-state index contributed by atoms with van der Waals surface area (Å²) < 4.78 is 27.4. The second-order valence-corrected chi connectivity index (χ2v) is 8.95. The second kappa shape index (κ2) is 7.43. The summed E-state index contributed by atoms with van der Waals surface area (Å²) in [5, 5.41) is 14.0. The van der Waals surface area contributed by atoms with E-state index in [0.717, 1.165) is 11.4 Å². The number of nitrogens with zero attached hydrogens (tertiary/aromatic N) is 4. The van der Waals surface area contributed by atoms with Gasteiger partial charge in [0.05, 0.1) is 36.3 Å². The highest BCUT2D eigenvalue weighted by Crippen LogP contribution is 2.18. The van der Waals surface area contributed by atoms with Crippen molar-refractivity contribution in [1.29, 1.82) is 0 Å². The molecule has 3 rings (SSSR count). The number of piperidine rings is 1. The van der Waals surface area contributed by atoms with Crippen molar-refractivity contribution < 1.29 is 18.3 Å². The molecule has 1 aromatic heterocycles. The van der Waals surface area contributed by atoms with Crippen molar-refractivity contribution >= 4 is 15.9 Å². The SMILES string of the molecule is CCS(=O)(=O)N1CCn2nc(CCC(=O)N3CCC(O)CC3)cc2C1. The third-order valence-electron chi connectivity index (χ3n) is 4.98. The van der Waals surface area contributed by atoms with Gasteiger partial charge in [0.25, 0.3) is 0 Å². The average molecular weight is 370 g/mol. The summed E-state index contributed by atoms with van der Waals surface area (Å²) in [6.45, 7) is 4.22. The zero-order valence-electron chi connectivity index (χ0n) is 14.6. The molecule has 3 heterocycles. The first-order chi connectivity index (χ1) is 11.9. The molecular formula is C16H26N4O4S. The van der Waals surface area contributed by atoms with Gasteiger partial charge in [-0.15, -0.1) is 0 Å². The molecule has 0 bridgehead atoms. The van der Waals surface area contributed by atoms with E-state index in [2.05, 4.69) is 5.10 Å². The highest BCUT2D eigenvalue weighted by Gasteiger charge is 2.27. The number of likely N-dealkylation sites (tertiary alicyclic amines) is 1. The second-order valence-electron chi connectivity index (χ2n) is 6.70. The zero-order valence-corrected chi connectivity index (χ0v) is 15.4. The molecule has 25 heavy (non-hydrogen) atoms. The number of carbonyl (C=O) groups excluding carboxylic acids is 1. The molecule has 0 radical (unpaired) electrons. The summed E-state index contributed by atoms with van der Waals surface area (Å²) in [6.07, 6.45) is 1.95. The number of amides is 1. The molecule has 8 nitrogen and oxygen atoms in total. The van der Waals surface area contributed by atoms with Gasteiger partial charge in [-0.05, 0) is 25.8 Å². The number of sulfonamides is 1. The number of aryl methyl sites for hydroxylation is 1. The fourth-order valence-corrected chi connectivity index (χ4v) is 4.41. The monoisotopic (exact) mass is 370 g/mol. The van der Waals surface area contributed by atoms with Crippen LogP contribution >= 0.6 is 0 Å². The Labute approximate surface area is 148 Å². The van der Waals surface area contributed by atoms with Gasteiger partial charge in [0.15, 0.2) is 0 Å². The predicted molar refractivity (Wildman–Crippen MR) is 92.2 cm³/mol. The third-order valence-corrected chi connectivity index (χ3v) is 6.81. The molecule has 140 valence electrons. The van der Waals surface area contributed by atoms with Gasteiger partial charge < -0.3 is 10.0 Å². The van der Waals surface area contributed by atoms with Crippen LogP contribution in [-0.2, 0) is 34.3 Å². The van der Waals surface area contributed by atoms with Crippen LogP contribution in [0.3, 0.4) is 0 Å². The van der Waals surface area contributed by atoms with Crippen LogP contribution in [0, 0.1) is 0 Å². The van der Waals surface area contributed by atoms with Crippen molar-refractivity contribution in [1.82, 2.24) is 19.0 Å². The van der Waals surface area contributed by atoms with Crippen molar-refractivity contribution in [2.45, 2.75) is 51.8 Å². The average Bonchev–Trinajstić information content (AvgIpc) is 3.02. The van der Waals surface area contributed by atoms with Gasteiger partial charge in [-0.3, -0.25) is 9.48 Å². The van der Waals surface area contributed by atoms with Crippen molar-refractivity contribution in [3.05, 3.63) is 17.5 Å². The molecule has 2 aliphatic rings. The lowest BCUT2D eigenvalue weighted by atomic mass is 10.1. The molecule has 0 spiro atoms. The number of fused-ring (bicyclic) bond motifs is 1. The maximum Gasteiger partial charge on any atom is 0.222 e. The smallest absolute Gasteiger partial charge is 0.222 e. The maximum atomic E-state index is 12.3. The Kier molecular flexibility index (Phi) is 5.45. The number of aliphatic hydroxyl groups is 1. The molecule has 1 amide bonds. The topological polar surface area (TPSA) is 95.7 Å². The number of aromatic nitrogens is 2. The van der Waals surface area contributed by atoms with E-state index in [4.69, 9.17) is 0 Å². The van der Waals surface area contributed by atoms with Crippen LogP contribution < -0.4 is 0 Å². The van der Waals surface area contributed by atoms with Crippen LogP contribution in [0.5, 0.6) is 0 Å². The van der Waals surface area contributed by atoms with Crippen LogP contribution in [0.2, 0.25) is 0 Å². The van der Waals surface area contributed by atoms with Crippen LogP contribution in [0.4, 0.5) is 0 Å². The Morgan fingerprint density at radius 2 is 2.00 bits per heavy atom. The molecule has 9 heteroatoms. The van der Waals surface area contributed by atoms with E-state index in [0.29, 0.717) is 58.4 Å². The molecule has 0 aliphatic carbocycles. The quantitative estimate of drug-likeness (QED) is 0.785. The van der Waals surface area contributed by atoms with E-state index in [9.17, 15) is 18.3 Å². The normalized spacial score (nSPS) is 19.8. The predicted octanol–water partition coefficient (Wildman–Crippen LogP) is -0.0357. The van der Waals surface area contributed by atoms with E-state index in [1.807, 2.05) is 10.7 Å². The molecule has 1 fully saturated rings. The molecule has 2 aliphatic heterocycles. The fourth-order valence-electron chi connectivity index (χ4n) is 3.35. The summed E-state index contributed by atoms with van der Waals surface area (Å²) in [7, 11) is -3.19. The number of rotatable bonds is 5. The minimum absolute atomic E-state index is 0.0908. The van der Waals surface area contributed by atoms with E-state index >= 15 is 0 Å². The lowest BCUT2D eigenvalue weighted by Crippen LogP contribution is -2.40. The Bertz CT molecular complexity index is 722. The van der Waals surface area contributed by atoms with Crippen LogP contribution in [-0.4, -0.2) is 69.9 Å². The van der Waals surface area contributed by atoms with Gasteiger partial charge in [0.1, 0.15) is 0 Å². The summed E-state index contributed by atoms with van der Waals surface area (Å²) in [5.41, 5.74) is 1.71. The first kappa shape index (κ1) is 18.3. The minimum atomic E-state index is -3.19. The Hall–Kier alpha value is -1.45. The molecule has 1 N–H and O–H groups in total. The Morgan fingerprint density at radius 3 is 2.68 bits per heavy atom. The van der Waals surface area contributed by atoms with Gasteiger partial charge in [0, 0.05) is 32.5 Å². The third kappa shape index (κ3) is 4.21. The summed E-state index contributed by atoms with van der Waals surface area (Å²) in [4.78, 5) is 14.1. The molecular weight excluding hydrogens is 344 g/mol. The largest absolute Gasteiger partial charge is 0.393 e. The zero-order chi connectivity index (χ0) is 18.0. The Morgan fingerprint density at radius 1 is 1.28 bits per heavy atom. The van der Waals surface area contributed by atoms with Gasteiger partial charge in [-0.1, -0.05) is 0 Å². The summed E-state index contributed by atoms with van der Waals surface area (Å²) >= 11 is 0. The number of hydrogen-bond donors (Lipinski definition) is 1. The molecule has 0 atom stereocenters. The van der Waals surface area contributed by atoms with Crippen molar-refractivity contribution in [3.63, 3.8) is 0 Å². The first-order valence-corrected chi connectivity index (χ1v) is 10.5. The molecule has 0 aromatic carbocycles. The van der Waals surface area contributed by atoms with Crippen LogP contribution in [0.1, 0.15) is 37.6 Å². The lowest BCUT2D eigenvalue weighted by molar-refractivity contribution is -0.133. The van der Waals surface area contributed by atoms with Crippen molar-refractivity contribution in [2.24, 2.45) is 0 Å². The summed E-state index contributed by atoms with van der Waals surface area (Å²) in [6, 6.07) is 1.91. The summed E-state index contributed by atoms with van der Waals surface area (Å²) in [5.74, 6) is 0.195. The van der Waals surface area contributed by atoms with Crippen molar-refractivity contribution in [3.8, 4) is 0 Å². The standard InChI is InChI=1S/C16H26N4O4S/c1-2-25(23,24)19-9-10-20-14(12-19)11-13(17-20)3-4-16(22)18-7-5-15(21)6-8-18/h11,15,21H,2-10,12H2,1H3. The number of carbonyl (C=O) groups is 1. The van der Waals surface area contributed by atoms with Gasteiger partial charge in [-0.25, -0.2) is 8.42 Å². The fraction of sp³-hybridized carbons (Fsp3) is 0.750. The highest BCUT2D eigenvalue weighted by atomic mass is 32.2. The van der Waals surface area contributed by atoms with E-state index in [1.54, 1.807) is 11.8 Å². The van der Waals surface area contributed by atoms with Crippen LogP contribution in [0.15, 0.2) is 6.07 Å². The molecule has 1 aromatic rings. The minimum Gasteiger partial charge on any atom is -0.393 e. The number of aliphatic hydroxyl groups excluding tert-OH is 1. The highest BCUT2D eigenvalue weighted by molar-refractivity contribution is 7.89. The van der Waals surface area contributed by atoms with Gasteiger partial charge in [0.2, 0.25) is 15.9 Å². The maximum absolute atomic E-state index is 12.3. The van der Waals surface area contributed by atoms with Crippen LogP contribution in [0.25, 0.3) is 0 Å². The van der Waals surface area contributed by atoms with Gasteiger partial charge >= 0.3 is 0 Å². The van der Waals surface area contributed by atoms with E-state index < -0.39 is 10.0 Å². The van der Waals surface area contributed by atoms with E-state index in [1.165, 1.54) is 4.31 Å². The molecule has 1 saturated heterocycles. The van der Waals surface area contributed by atoms with Gasteiger partial charge in [-0.2, -0.15) is 9.40 Å². The van der Waals surface area contributed by atoms with E-state index in [-0.39, 0.29) is 17.8 Å². The lowest BCUT2D eigenvalue weighted by Gasteiger charge is -2.29. The molecule has 0 saturated carbocycles. The number of hydrogen-bond acceptors (Lipinski definition) is 5. The van der Waals surface area contributed by atoms with Crippen molar-refractivity contribution in [2.75, 3.05) is 25.4 Å². The Balaban J connectivity index is 1.56.